The van der Waals surface area contributed by atoms with Crippen LogP contribution in [0.1, 0.15) is 110 Å². The molecular formula is C20H45P3. The molecule has 0 bridgehead atoms. The van der Waals surface area contributed by atoms with Crippen LogP contribution in [0.4, 0.5) is 0 Å². The fourth-order valence-corrected chi connectivity index (χ4v) is 4.01. The molecule has 0 aliphatic carbocycles. The Morgan fingerprint density at radius 2 is 0.696 bits per heavy atom. The molecule has 0 radical (unpaired) electrons. The zero-order valence-electron chi connectivity index (χ0n) is 16.1. The molecule has 0 fully saturated rings. The maximum Gasteiger partial charge on any atom is -0.0264 e. The zero-order valence-corrected chi connectivity index (χ0v) is 19.5. The van der Waals surface area contributed by atoms with Gasteiger partial charge in [0, 0.05) is 0 Å². The highest BCUT2D eigenvalue weighted by Gasteiger charge is 2.03. The van der Waals surface area contributed by atoms with Gasteiger partial charge in [0.2, 0.25) is 0 Å². The van der Waals surface area contributed by atoms with E-state index in [9.17, 15) is 0 Å². The van der Waals surface area contributed by atoms with E-state index in [0.29, 0.717) is 0 Å². The SMILES string of the molecule is CCC(P)CCCCCCCC(P)CCCCCCC(P)CC. The smallest absolute Gasteiger partial charge is 0.0264 e. The second kappa shape index (κ2) is 18.1. The Morgan fingerprint density at radius 1 is 0.435 bits per heavy atom. The molecule has 0 saturated heterocycles. The van der Waals surface area contributed by atoms with Crippen LogP contribution in [0.2, 0.25) is 0 Å². The molecule has 0 aromatic heterocycles. The quantitative estimate of drug-likeness (QED) is 0.180. The van der Waals surface area contributed by atoms with Gasteiger partial charge in [0.1, 0.15) is 0 Å². The van der Waals surface area contributed by atoms with Crippen LogP contribution in [0.25, 0.3) is 0 Å². The molecule has 6 atom stereocenters. The molecule has 0 aromatic rings. The third kappa shape index (κ3) is 17.9. The van der Waals surface area contributed by atoms with E-state index < -0.39 is 0 Å². The van der Waals surface area contributed by atoms with E-state index in [1.165, 1.54) is 96.3 Å². The number of rotatable bonds is 17. The molecule has 0 N–H and O–H groups in total. The first-order valence-corrected chi connectivity index (χ1v) is 12.4. The Bertz CT molecular complexity index is 233. The van der Waals surface area contributed by atoms with Crippen LogP contribution in [-0.2, 0) is 0 Å². The molecule has 23 heavy (non-hydrogen) atoms. The van der Waals surface area contributed by atoms with E-state index in [2.05, 4.69) is 41.6 Å². The van der Waals surface area contributed by atoms with Gasteiger partial charge >= 0.3 is 0 Å². The summed E-state index contributed by atoms with van der Waals surface area (Å²) in [6.45, 7) is 4.59. The molecule has 3 heteroatoms. The lowest BCUT2D eigenvalue weighted by Gasteiger charge is -2.12. The summed E-state index contributed by atoms with van der Waals surface area (Å²) >= 11 is 0. The molecule has 140 valence electrons. The van der Waals surface area contributed by atoms with Crippen LogP contribution >= 0.6 is 27.7 Å². The van der Waals surface area contributed by atoms with E-state index in [1.807, 2.05) is 0 Å². The van der Waals surface area contributed by atoms with Crippen molar-refractivity contribution in [2.45, 2.75) is 127 Å². The Hall–Kier alpha value is 1.29. The summed E-state index contributed by atoms with van der Waals surface area (Å²) in [4.78, 5) is 0. The van der Waals surface area contributed by atoms with Gasteiger partial charge in [-0.25, -0.2) is 0 Å². The Kier molecular flexibility index (Phi) is 19.1. The second-order valence-corrected chi connectivity index (χ2v) is 10.3. The second-order valence-electron chi connectivity index (χ2n) is 7.43. The first kappa shape index (κ1) is 24.3. The van der Waals surface area contributed by atoms with E-state index in [0.717, 1.165) is 17.0 Å². The van der Waals surface area contributed by atoms with Crippen LogP contribution in [0, 0.1) is 0 Å². The molecule has 0 heterocycles. The fraction of sp³-hybridized carbons (Fsp3) is 1.00. The van der Waals surface area contributed by atoms with Crippen molar-refractivity contribution >= 4 is 27.7 Å². The molecule has 0 spiro atoms. The molecule has 0 rings (SSSR count). The van der Waals surface area contributed by atoms with E-state index in [4.69, 9.17) is 0 Å². The van der Waals surface area contributed by atoms with Crippen molar-refractivity contribution in [2.24, 2.45) is 0 Å². The maximum atomic E-state index is 3.10. The topological polar surface area (TPSA) is 0 Å². The Morgan fingerprint density at radius 3 is 1.00 bits per heavy atom. The zero-order chi connectivity index (χ0) is 17.3. The minimum Gasteiger partial charge on any atom is -0.134 e. The third-order valence-electron chi connectivity index (χ3n) is 5.10. The van der Waals surface area contributed by atoms with Crippen molar-refractivity contribution < 1.29 is 0 Å². The average molecular weight is 379 g/mol. The predicted octanol–water partition coefficient (Wildman–Crippen LogP) is 7.61. The largest absolute Gasteiger partial charge is 0.134 e. The molecule has 0 aliphatic heterocycles. The lowest BCUT2D eigenvalue weighted by molar-refractivity contribution is 0.535. The van der Waals surface area contributed by atoms with Gasteiger partial charge in [-0.05, 0) is 55.5 Å². The number of unbranched alkanes of at least 4 members (excludes halogenated alkanes) is 7. The summed E-state index contributed by atoms with van der Waals surface area (Å²) < 4.78 is 0. The van der Waals surface area contributed by atoms with Crippen molar-refractivity contribution in [3.8, 4) is 0 Å². The molecule has 0 aromatic carbocycles. The van der Waals surface area contributed by atoms with E-state index in [-0.39, 0.29) is 0 Å². The summed E-state index contributed by atoms with van der Waals surface area (Å²) in [5.74, 6) is 0. The van der Waals surface area contributed by atoms with Crippen molar-refractivity contribution in [3.05, 3.63) is 0 Å². The standard InChI is InChI=1S/C20H45P3/c1-3-18(21)14-10-6-5-7-12-16-20(23)17-13-9-8-11-15-19(22)4-2/h18-20H,3-17,21-23H2,1-2H3. The van der Waals surface area contributed by atoms with Gasteiger partial charge in [0.15, 0.2) is 0 Å². The van der Waals surface area contributed by atoms with Crippen LogP contribution in [0.5, 0.6) is 0 Å². The van der Waals surface area contributed by atoms with Crippen molar-refractivity contribution in [2.75, 3.05) is 0 Å². The minimum absolute atomic E-state index is 0.855. The molecule has 0 aliphatic rings. The first-order chi connectivity index (χ1) is 11.1. The number of hydrogen-bond acceptors (Lipinski definition) is 0. The summed E-state index contributed by atoms with van der Waals surface area (Å²) in [5, 5.41) is 0. The summed E-state index contributed by atoms with van der Waals surface area (Å²) in [6, 6.07) is 0. The maximum absolute atomic E-state index is 3.10. The fourth-order valence-electron chi connectivity index (χ4n) is 3.06. The van der Waals surface area contributed by atoms with Gasteiger partial charge in [0.25, 0.3) is 0 Å². The molecular weight excluding hydrogens is 333 g/mol. The first-order valence-electron chi connectivity index (χ1n) is 10.4. The average Bonchev–Trinajstić information content (AvgIpc) is 2.56. The Labute approximate surface area is 155 Å². The van der Waals surface area contributed by atoms with Gasteiger partial charge in [-0.15, -0.1) is 27.7 Å². The monoisotopic (exact) mass is 378 g/mol. The van der Waals surface area contributed by atoms with Gasteiger partial charge in [-0.3, -0.25) is 0 Å². The highest BCUT2D eigenvalue weighted by molar-refractivity contribution is 7.17. The highest BCUT2D eigenvalue weighted by Crippen LogP contribution is 2.21. The van der Waals surface area contributed by atoms with Crippen molar-refractivity contribution in [1.82, 2.24) is 0 Å². The summed E-state index contributed by atoms with van der Waals surface area (Å²) in [7, 11) is 9.07. The lowest BCUT2D eigenvalue weighted by atomic mass is 10.0. The van der Waals surface area contributed by atoms with Crippen molar-refractivity contribution in [1.29, 1.82) is 0 Å². The van der Waals surface area contributed by atoms with Gasteiger partial charge in [-0.2, -0.15) is 0 Å². The molecule has 0 amide bonds. The van der Waals surface area contributed by atoms with Gasteiger partial charge in [-0.1, -0.05) is 71.6 Å². The Balaban J connectivity index is 3.23. The molecule has 6 unspecified atom stereocenters. The number of hydrogen-bond donors (Lipinski definition) is 0. The third-order valence-corrected chi connectivity index (χ3v) is 7.37. The highest BCUT2D eigenvalue weighted by atomic mass is 31.0. The van der Waals surface area contributed by atoms with E-state index in [1.54, 1.807) is 0 Å². The summed E-state index contributed by atoms with van der Waals surface area (Å²) in [5.41, 5.74) is 2.58. The minimum atomic E-state index is 0.855. The van der Waals surface area contributed by atoms with Gasteiger partial charge < -0.3 is 0 Å². The van der Waals surface area contributed by atoms with E-state index >= 15 is 0 Å². The van der Waals surface area contributed by atoms with Crippen LogP contribution in [-0.4, -0.2) is 17.0 Å². The summed E-state index contributed by atoms with van der Waals surface area (Å²) in [6.07, 6.45) is 21.3. The normalized spacial score (nSPS) is 15.5. The van der Waals surface area contributed by atoms with Gasteiger partial charge in [0.05, 0.1) is 0 Å². The lowest BCUT2D eigenvalue weighted by Crippen LogP contribution is -1.98. The predicted molar refractivity (Wildman–Crippen MR) is 121 cm³/mol. The van der Waals surface area contributed by atoms with Crippen LogP contribution in [0.15, 0.2) is 0 Å². The van der Waals surface area contributed by atoms with Crippen LogP contribution < -0.4 is 0 Å². The van der Waals surface area contributed by atoms with Crippen molar-refractivity contribution in [3.63, 3.8) is 0 Å². The molecule has 0 saturated carbocycles. The molecule has 0 nitrogen and oxygen atoms in total. The van der Waals surface area contributed by atoms with Crippen LogP contribution in [0.3, 0.4) is 0 Å².